The molecule has 0 aliphatic carbocycles. The zero-order valence-electron chi connectivity index (χ0n) is 20.2. The van der Waals surface area contributed by atoms with Crippen LogP contribution in [0.3, 0.4) is 0 Å². The fourth-order valence-corrected chi connectivity index (χ4v) is 3.18. The molecule has 0 unspecified atom stereocenters. The third-order valence-corrected chi connectivity index (χ3v) is 4.65. The number of carbonyl (C=O) groups is 2. The van der Waals surface area contributed by atoms with Crippen LogP contribution in [-0.2, 0) is 11.3 Å². The summed E-state index contributed by atoms with van der Waals surface area (Å²) < 4.78 is 5.22. The number of rotatable bonds is 8. The second-order valence-electron chi connectivity index (χ2n) is 8.73. The molecule has 2 rings (SSSR count). The summed E-state index contributed by atoms with van der Waals surface area (Å²) in [7, 11) is 0. The molecular formula is C23H39IN6O3. The van der Waals surface area contributed by atoms with Crippen LogP contribution in [0.1, 0.15) is 52.5 Å². The number of carbonyl (C=O) groups excluding carboxylic acids is 2. The van der Waals surface area contributed by atoms with Crippen molar-refractivity contribution < 1.29 is 14.3 Å². The first kappa shape index (κ1) is 28.8. The lowest BCUT2D eigenvalue weighted by atomic mass is 10.2. The highest BCUT2D eigenvalue weighted by Gasteiger charge is 2.18. The minimum atomic E-state index is -0.499. The van der Waals surface area contributed by atoms with Crippen molar-refractivity contribution in [1.29, 1.82) is 0 Å². The van der Waals surface area contributed by atoms with Crippen LogP contribution in [0.15, 0.2) is 29.3 Å². The van der Waals surface area contributed by atoms with Crippen molar-refractivity contribution in [2.75, 3.05) is 38.0 Å². The summed E-state index contributed by atoms with van der Waals surface area (Å²) >= 11 is 0. The van der Waals surface area contributed by atoms with Gasteiger partial charge in [-0.3, -0.25) is 0 Å². The Morgan fingerprint density at radius 3 is 2.45 bits per heavy atom. The predicted octanol–water partition coefficient (Wildman–Crippen LogP) is 3.90. The van der Waals surface area contributed by atoms with Crippen LogP contribution >= 0.6 is 24.0 Å². The summed E-state index contributed by atoms with van der Waals surface area (Å²) in [6.45, 7) is 11.6. The summed E-state index contributed by atoms with van der Waals surface area (Å²) in [6.07, 6.45) is 2.47. The minimum absolute atomic E-state index is 0. The highest BCUT2D eigenvalue weighted by atomic mass is 127. The summed E-state index contributed by atoms with van der Waals surface area (Å²) in [6, 6.07) is 7.71. The van der Waals surface area contributed by atoms with E-state index in [1.165, 1.54) is 0 Å². The molecule has 186 valence electrons. The number of likely N-dealkylation sites (tertiary alicyclic amines) is 1. The quantitative estimate of drug-likeness (QED) is 0.163. The summed E-state index contributed by atoms with van der Waals surface area (Å²) in [4.78, 5) is 30.4. The van der Waals surface area contributed by atoms with Crippen LogP contribution in [0.5, 0.6) is 0 Å². The van der Waals surface area contributed by atoms with Gasteiger partial charge in [-0.05, 0) is 64.7 Å². The molecule has 1 fully saturated rings. The Morgan fingerprint density at radius 2 is 1.79 bits per heavy atom. The van der Waals surface area contributed by atoms with Crippen LogP contribution in [0.4, 0.5) is 15.3 Å². The van der Waals surface area contributed by atoms with E-state index in [0.29, 0.717) is 25.6 Å². The van der Waals surface area contributed by atoms with Crippen molar-refractivity contribution in [3.8, 4) is 0 Å². The molecule has 0 atom stereocenters. The standard InChI is InChI=1S/C23H38N6O3.HI/c1-5-24-20(25-12-9-13-26-22(31)32-23(2,3)4)27-17-18-10-8-11-19(16-18)28-21(30)29-14-6-7-15-29;/h8,10-11,16H,5-7,9,12-15,17H2,1-4H3,(H,26,31)(H,28,30)(H2,24,25,27);1H. The maximum atomic E-state index is 12.3. The summed E-state index contributed by atoms with van der Waals surface area (Å²) in [5.41, 5.74) is 1.29. The molecule has 4 N–H and O–H groups in total. The zero-order valence-corrected chi connectivity index (χ0v) is 22.5. The number of benzene rings is 1. The largest absolute Gasteiger partial charge is 0.444 e. The maximum Gasteiger partial charge on any atom is 0.407 e. The molecule has 0 saturated carbocycles. The Bertz CT molecular complexity index is 776. The van der Waals surface area contributed by atoms with Gasteiger partial charge in [0.05, 0.1) is 6.54 Å². The molecule has 0 radical (unpaired) electrons. The van der Waals surface area contributed by atoms with Gasteiger partial charge in [0.15, 0.2) is 5.96 Å². The number of amides is 3. The van der Waals surface area contributed by atoms with Gasteiger partial charge >= 0.3 is 12.1 Å². The monoisotopic (exact) mass is 574 g/mol. The number of anilines is 1. The predicted molar refractivity (Wildman–Crippen MR) is 143 cm³/mol. The molecule has 1 aliphatic heterocycles. The fraction of sp³-hybridized carbons (Fsp3) is 0.609. The molecule has 1 aromatic carbocycles. The number of ether oxygens (including phenoxy) is 1. The van der Waals surface area contributed by atoms with E-state index >= 15 is 0 Å². The van der Waals surface area contributed by atoms with Gasteiger partial charge in [-0.15, -0.1) is 24.0 Å². The van der Waals surface area contributed by atoms with Crippen molar-refractivity contribution in [3.05, 3.63) is 29.8 Å². The molecule has 1 aromatic rings. The molecule has 0 spiro atoms. The van der Waals surface area contributed by atoms with Gasteiger partial charge in [0.1, 0.15) is 5.60 Å². The smallest absolute Gasteiger partial charge is 0.407 e. The number of halogens is 1. The van der Waals surface area contributed by atoms with E-state index in [4.69, 9.17) is 4.74 Å². The van der Waals surface area contributed by atoms with Crippen LogP contribution in [0.2, 0.25) is 0 Å². The SMILES string of the molecule is CCNC(=NCc1cccc(NC(=O)N2CCCC2)c1)NCCCNC(=O)OC(C)(C)C.I. The Hall–Kier alpha value is -2.24. The fourth-order valence-electron chi connectivity index (χ4n) is 3.18. The van der Waals surface area contributed by atoms with Gasteiger partial charge in [-0.1, -0.05) is 12.1 Å². The van der Waals surface area contributed by atoms with E-state index < -0.39 is 11.7 Å². The van der Waals surface area contributed by atoms with Crippen LogP contribution in [-0.4, -0.2) is 61.3 Å². The van der Waals surface area contributed by atoms with Crippen molar-refractivity contribution >= 4 is 47.7 Å². The van der Waals surface area contributed by atoms with Crippen LogP contribution < -0.4 is 21.3 Å². The Kier molecular flexibility index (Phi) is 12.9. The second-order valence-corrected chi connectivity index (χ2v) is 8.73. The topological polar surface area (TPSA) is 107 Å². The maximum absolute atomic E-state index is 12.3. The highest BCUT2D eigenvalue weighted by molar-refractivity contribution is 14.0. The number of hydrogen-bond donors (Lipinski definition) is 4. The van der Waals surface area contributed by atoms with Gasteiger partial charge in [0.2, 0.25) is 0 Å². The first-order chi connectivity index (χ1) is 15.3. The normalized spacial score (nSPS) is 13.7. The lowest BCUT2D eigenvalue weighted by molar-refractivity contribution is 0.0527. The van der Waals surface area contributed by atoms with E-state index in [9.17, 15) is 9.59 Å². The molecule has 1 saturated heterocycles. The molecule has 1 aliphatic rings. The third kappa shape index (κ3) is 12.0. The molecule has 10 heteroatoms. The molecule has 9 nitrogen and oxygen atoms in total. The number of aliphatic imine (C=N–C) groups is 1. The molecule has 0 bridgehead atoms. The summed E-state index contributed by atoms with van der Waals surface area (Å²) in [5, 5.41) is 12.2. The Morgan fingerprint density at radius 1 is 1.09 bits per heavy atom. The van der Waals surface area contributed by atoms with Gasteiger partial charge in [-0.2, -0.15) is 0 Å². The number of nitrogens with zero attached hydrogens (tertiary/aromatic N) is 2. The second kappa shape index (κ2) is 14.8. The molecule has 3 amide bonds. The molecule has 33 heavy (non-hydrogen) atoms. The minimum Gasteiger partial charge on any atom is -0.444 e. The van der Waals surface area contributed by atoms with Gasteiger partial charge < -0.3 is 30.9 Å². The number of nitrogens with one attached hydrogen (secondary N) is 4. The van der Waals surface area contributed by atoms with Gasteiger partial charge in [0, 0.05) is 38.4 Å². The van der Waals surface area contributed by atoms with E-state index in [-0.39, 0.29) is 30.0 Å². The number of guanidine groups is 1. The number of hydrogen-bond acceptors (Lipinski definition) is 4. The molecular weight excluding hydrogens is 535 g/mol. The van der Waals surface area contributed by atoms with Gasteiger partial charge in [0.25, 0.3) is 0 Å². The first-order valence-corrected chi connectivity index (χ1v) is 11.4. The van der Waals surface area contributed by atoms with E-state index in [1.54, 1.807) is 0 Å². The Labute approximate surface area is 214 Å². The molecule has 0 aromatic heterocycles. The Balaban J connectivity index is 0.00000544. The van der Waals surface area contributed by atoms with E-state index in [1.807, 2.05) is 56.9 Å². The van der Waals surface area contributed by atoms with E-state index in [0.717, 1.165) is 50.1 Å². The van der Waals surface area contributed by atoms with Crippen LogP contribution in [0, 0.1) is 0 Å². The average Bonchev–Trinajstić information content (AvgIpc) is 3.26. The van der Waals surface area contributed by atoms with Gasteiger partial charge in [-0.25, -0.2) is 14.6 Å². The van der Waals surface area contributed by atoms with Crippen molar-refractivity contribution in [3.63, 3.8) is 0 Å². The lowest BCUT2D eigenvalue weighted by Gasteiger charge is -2.19. The average molecular weight is 575 g/mol. The van der Waals surface area contributed by atoms with E-state index in [2.05, 4.69) is 26.3 Å². The van der Waals surface area contributed by atoms with Crippen LogP contribution in [0.25, 0.3) is 0 Å². The van der Waals surface area contributed by atoms with Crippen molar-refractivity contribution in [2.24, 2.45) is 4.99 Å². The zero-order chi connectivity index (χ0) is 23.4. The van der Waals surface area contributed by atoms with Crippen molar-refractivity contribution in [2.45, 2.75) is 59.1 Å². The van der Waals surface area contributed by atoms with Crippen molar-refractivity contribution in [1.82, 2.24) is 20.9 Å². The molecule has 1 heterocycles. The third-order valence-electron chi connectivity index (χ3n) is 4.65. The summed E-state index contributed by atoms with van der Waals surface area (Å²) in [5.74, 6) is 0.705. The number of urea groups is 1. The number of alkyl carbamates (subject to hydrolysis) is 1. The first-order valence-electron chi connectivity index (χ1n) is 11.4. The highest BCUT2D eigenvalue weighted by Crippen LogP contribution is 2.14. The lowest BCUT2D eigenvalue weighted by Crippen LogP contribution is -2.39.